The minimum Gasteiger partial charge on any atom is -0.445 e. The molecule has 2 amide bonds. The lowest BCUT2D eigenvalue weighted by Crippen LogP contribution is -2.34. The van der Waals surface area contributed by atoms with Crippen LogP contribution in [0.5, 0.6) is 0 Å². The van der Waals surface area contributed by atoms with Crippen molar-refractivity contribution in [1.29, 1.82) is 0 Å². The van der Waals surface area contributed by atoms with E-state index in [9.17, 15) is 9.59 Å². The molecule has 108 valence electrons. The van der Waals surface area contributed by atoms with Crippen LogP contribution in [0.2, 0.25) is 0 Å². The number of rotatable bonds is 4. The van der Waals surface area contributed by atoms with Crippen LogP contribution in [0.3, 0.4) is 0 Å². The Balaban J connectivity index is 1.78. The number of hydrogen-bond acceptors (Lipinski definition) is 3. The van der Waals surface area contributed by atoms with Crippen LogP contribution in [0, 0.1) is 5.92 Å². The van der Waals surface area contributed by atoms with Crippen LogP contribution in [0.4, 0.5) is 4.79 Å². The maximum atomic E-state index is 11.9. The molecule has 1 saturated heterocycles. The van der Waals surface area contributed by atoms with Crippen molar-refractivity contribution >= 4 is 12.0 Å². The number of carbonyl (C=O) groups excluding carboxylic acids is 2. The maximum Gasteiger partial charge on any atom is 0.410 e. The minimum atomic E-state index is -0.347. The van der Waals surface area contributed by atoms with Gasteiger partial charge in [-0.25, -0.2) is 4.79 Å². The van der Waals surface area contributed by atoms with E-state index in [1.165, 1.54) is 0 Å². The molecule has 1 fully saturated rings. The largest absolute Gasteiger partial charge is 0.445 e. The summed E-state index contributed by atoms with van der Waals surface area (Å²) in [7, 11) is 0. The Morgan fingerprint density at radius 1 is 1.35 bits per heavy atom. The Morgan fingerprint density at radius 3 is 2.80 bits per heavy atom. The van der Waals surface area contributed by atoms with E-state index < -0.39 is 0 Å². The Morgan fingerprint density at radius 2 is 2.10 bits per heavy atom. The molecule has 1 atom stereocenters. The quantitative estimate of drug-likeness (QED) is 0.912. The number of nitrogens with one attached hydrogen (secondary N) is 1. The monoisotopic (exact) mass is 276 g/mol. The van der Waals surface area contributed by atoms with Crippen molar-refractivity contribution in [3.63, 3.8) is 0 Å². The molecule has 0 bridgehead atoms. The fourth-order valence-corrected chi connectivity index (χ4v) is 2.27. The smallest absolute Gasteiger partial charge is 0.410 e. The first-order valence-corrected chi connectivity index (χ1v) is 6.94. The first kappa shape index (κ1) is 14.4. The summed E-state index contributed by atoms with van der Waals surface area (Å²) in [5.41, 5.74) is 0.959. The van der Waals surface area contributed by atoms with Gasteiger partial charge in [-0.05, 0) is 18.9 Å². The molecule has 1 aromatic rings. The van der Waals surface area contributed by atoms with Gasteiger partial charge < -0.3 is 15.0 Å². The lowest BCUT2D eigenvalue weighted by Gasteiger charge is -2.16. The average molecular weight is 276 g/mol. The Hall–Kier alpha value is -2.04. The van der Waals surface area contributed by atoms with E-state index in [0.717, 1.165) is 5.56 Å². The van der Waals surface area contributed by atoms with Crippen molar-refractivity contribution in [2.75, 3.05) is 19.6 Å². The molecule has 0 aromatic heterocycles. The van der Waals surface area contributed by atoms with Crippen LogP contribution in [-0.2, 0) is 16.1 Å². The molecule has 1 unspecified atom stereocenters. The lowest BCUT2D eigenvalue weighted by molar-refractivity contribution is -0.124. The minimum absolute atomic E-state index is 0.0193. The summed E-state index contributed by atoms with van der Waals surface area (Å²) >= 11 is 0. The number of hydrogen-bond donors (Lipinski definition) is 1. The van der Waals surface area contributed by atoms with Crippen molar-refractivity contribution < 1.29 is 14.3 Å². The van der Waals surface area contributed by atoms with Gasteiger partial charge >= 0.3 is 6.09 Å². The van der Waals surface area contributed by atoms with Crippen LogP contribution in [0.25, 0.3) is 0 Å². The van der Waals surface area contributed by atoms with Crippen LogP contribution >= 0.6 is 0 Å². The molecule has 0 aliphatic carbocycles. The van der Waals surface area contributed by atoms with E-state index in [4.69, 9.17) is 4.74 Å². The van der Waals surface area contributed by atoms with Crippen LogP contribution in [-0.4, -0.2) is 36.5 Å². The first-order valence-electron chi connectivity index (χ1n) is 6.94. The van der Waals surface area contributed by atoms with Crippen molar-refractivity contribution in [2.24, 2.45) is 5.92 Å². The van der Waals surface area contributed by atoms with Gasteiger partial charge in [-0.2, -0.15) is 0 Å². The summed E-state index contributed by atoms with van der Waals surface area (Å²) < 4.78 is 5.26. The zero-order valence-electron chi connectivity index (χ0n) is 11.7. The van der Waals surface area contributed by atoms with Crippen LogP contribution in [0.15, 0.2) is 30.3 Å². The molecule has 0 spiro atoms. The normalized spacial score (nSPS) is 17.9. The van der Waals surface area contributed by atoms with Gasteiger partial charge in [0, 0.05) is 19.6 Å². The van der Waals surface area contributed by atoms with E-state index >= 15 is 0 Å². The number of ether oxygens (including phenoxy) is 1. The second-order valence-corrected chi connectivity index (χ2v) is 4.87. The van der Waals surface area contributed by atoms with Gasteiger partial charge in [-0.15, -0.1) is 0 Å². The summed E-state index contributed by atoms with van der Waals surface area (Å²) in [6, 6.07) is 9.56. The summed E-state index contributed by atoms with van der Waals surface area (Å²) in [6.07, 6.45) is 0.354. The second kappa shape index (κ2) is 6.93. The van der Waals surface area contributed by atoms with Crippen LogP contribution in [0.1, 0.15) is 18.9 Å². The molecule has 0 radical (unpaired) electrons. The Labute approximate surface area is 118 Å². The SMILES string of the molecule is CCNC(=O)C1CCN(C(=O)OCc2ccccc2)C1. The molecular formula is C15H20N2O3. The number of nitrogens with zero attached hydrogens (tertiary/aromatic N) is 1. The fraction of sp³-hybridized carbons (Fsp3) is 0.467. The third-order valence-corrected chi connectivity index (χ3v) is 3.37. The van der Waals surface area contributed by atoms with Gasteiger partial charge in [0.25, 0.3) is 0 Å². The van der Waals surface area contributed by atoms with Crippen LogP contribution < -0.4 is 5.32 Å². The predicted molar refractivity (Wildman–Crippen MR) is 75.0 cm³/mol. The topological polar surface area (TPSA) is 58.6 Å². The van der Waals surface area contributed by atoms with Crippen molar-refractivity contribution in [3.05, 3.63) is 35.9 Å². The highest BCUT2D eigenvalue weighted by molar-refractivity contribution is 5.80. The Kier molecular flexibility index (Phi) is 4.98. The lowest BCUT2D eigenvalue weighted by atomic mass is 10.1. The fourth-order valence-electron chi connectivity index (χ4n) is 2.27. The molecule has 1 aromatic carbocycles. The first-order chi connectivity index (χ1) is 9.70. The molecule has 5 nitrogen and oxygen atoms in total. The van der Waals surface area contributed by atoms with Gasteiger partial charge in [0.1, 0.15) is 6.61 Å². The Bertz CT molecular complexity index is 461. The summed E-state index contributed by atoms with van der Waals surface area (Å²) in [4.78, 5) is 25.2. The molecule has 1 heterocycles. The van der Waals surface area contributed by atoms with E-state index in [0.29, 0.717) is 26.1 Å². The van der Waals surface area contributed by atoms with E-state index in [-0.39, 0.29) is 24.5 Å². The van der Waals surface area contributed by atoms with Gasteiger partial charge in [-0.3, -0.25) is 4.79 Å². The molecule has 1 aliphatic heterocycles. The van der Waals surface area contributed by atoms with Gasteiger partial charge in [0.05, 0.1) is 5.92 Å². The van der Waals surface area contributed by atoms with E-state index in [2.05, 4.69) is 5.32 Å². The average Bonchev–Trinajstić information content (AvgIpc) is 2.96. The van der Waals surface area contributed by atoms with E-state index in [1.807, 2.05) is 37.3 Å². The predicted octanol–water partition coefficient (Wildman–Crippen LogP) is 1.78. The highest BCUT2D eigenvalue weighted by Gasteiger charge is 2.31. The third kappa shape index (κ3) is 3.73. The third-order valence-electron chi connectivity index (χ3n) is 3.37. The number of amides is 2. The molecule has 0 saturated carbocycles. The number of carbonyl (C=O) groups is 2. The van der Waals surface area contributed by atoms with Gasteiger partial charge in [-0.1, -0.05) is 30.3 Å². The number of likely N-dealkylation sites (tertiary alicyclic amines) is 1. The molecule has 20 heavy (non-hydrogen) atoms. The highest BCUT2D eigenvalue weighted by atomic mass is 16.6. The van der Waals surface area contributed by atoms with Gasteiger partial charge in [0.2, 0.25) is 5.91 Å². The van der Waals surface area contributed by atoms with Crippen molar-refractivity contribution in [3.8, 4) is 0 Å². The summed E-state index contributed by atoms with van der Waals surface area (Å²) in [6.45, 7) is 3.80. The zero-order valence-corrected chi connectivity index (χ0v) is 11.7. The molecule has 1 N–H and O–H groups in total. The number of benzene rings is 1. The summed E-state index contributed by atoms with van der Waals surface area (Å²) in [5, 5.41) is 2.79. The second-order valence-electron chi connectivity index (χ2n) is 4.87. The standard InChI is InChI=1S/C15H20N2O3/c1-2-16-14(18)13-8-9-17(10-13)15(19)20-11-12-6-4-3-5-7-12/h3-7,13H,2,8-11H2,1H3,(H,16,18). The summed E-state index contributed by atoms with van der Waals surface area (Å²) in [5.74, 6) is -0.0925. The van der Waals surface area contributed by atoms with Gasteiger partial charge in [0.15, 0.2) is 0 Å². The zero-order chi connectivity index (χ0) is 14.4. The van der Waals surface area contributed by atoms with Crippen molar-refractivity contribution in [1.82, 2.24) is 10.2 Å². The highest BCUT2D eigenvalue weighted by Crippen LogP contribution is 2.17. The molecular weight excluding hydrogens is 256 g/mol. The molecule has 5 heteroatoms. The molecule has 1 aliphatic rings. The molecule has 2 rings (SSSR count). The van der Waals surface area contributed by atoms with E-state index in [1.54, 1.807) is 4.90 Å². The van der Waals surface area contributed by atoms with Crippen molar-refractivity contribution in [2.45, 2.75) is 20.0 Å². The maximum absolute atomic E-state index is 11.9.